The summed E-state index contributed by atoms with van der Waals surface area (Å²) in [7, 11) is 0. The van der Waals surface area contributed by atoms with Crippen molar-refractivity contribution in [2.24, 2.45) is 5.92 Å². The van der Waals surface area contributed by atoms with Gasteiger partial charge in [0.05, 0.1) is 18.2 Å². The van der Waals surface area contributed by atoms with Gasteiger partial charge in [0.15, 0.2) is 0 Å². The van der Waals surface area contributed by atoms with Crippen molar-refractivity contribution in [2.45, 2.75) is 69.5 Å². The molecule has 7 rings (SSSR count). The third-order valence-corrected chi connectivity index (χ3v) is 8.83. The SMILES string of the molecule is C[C@H]1Nc2ncnc3c2CN(C2(C#N)CC2)C(=O)N3CCCOCCCCN2CC(C2)CC(F)(F)c2cccc1c2. The van der Waals surface area contributed by atoms with Crippen molar-refractivity contribution in [3.8, 4) is 6.07 Å². The average molecular weight is 566 g/mol. The van der Waals surface area contributed by atoms with Gasteiger partial charge in [-0.15, -0.1) is 0 Å². The monoisotopic (exact) mass is 565 g/mol. The van der Waals surface area contributed by atoms with E-state index in [4.69, 9.17) is 4.74 Å². The summed E-state index contributed by atoms with van der Waals surface area (Å²) >= 11 is 0. The van der Waals surface area contributed by atoms with Crippen molar-refractivity contribution in [1.29, 1.82) is 5.26 Å². The van der Waals surface area contributed by atoms with Gasteiger partial charge in [-0.1, -0.05) is 18.2 Å². The van der Waals surface area contributed by atoms with Gasteiger partial charge in [-0.25, -0.2) is 23.5 Å². The van der Waals surface area contributed by atoms with E-state index in [1.54, 1.807) is 21.9 Å². The maximum Gasteiger partial charge on any atom is 0.327 e. The molecule has 1 atom stereocenters. The number of urea groups is 1. The highest BCUT2D eigenvalue weighted by Gasteiger charge is 2.54. The topological polar surface area (TPSA) is 97.6 Å². The molecule has 5 heterocycles. The van der Waals surface area contributed by atoms with Gasteiger partial charge in [0.1, 0.15) is 23.5 Å². The maximum absolute atomic E-state index is 15.4. The van der Waals surface area contributed by atoms with E-state index in [1.165, 1.54) is 12.4 Å². The number of carbonyl (C=O) groups is 1. The van der Waals surface area contributed by atoms with E-state index in [0.717, 1.165) is 30.5 Å². The zero-order chi connectivity index (χ0) is 28.6. The van der Waals surface area contributed by atoms with Crippen molar-refractivity contribution < 1.29 is 18.3 Å². The van der Waals surface area contributed by atoms with Gasteiger partial charge < -0.3 is 19.9 Å². The van der Waals surface area contributed by atoms with Gasteiger partial charge in [0, 0.05) is 50.9 Å². The van der Waals surface area contributed by atoms with Crippen LogP contribution in [-0.2, 0) is 17.2 Å². The van der Waals surface area contributed by atoms with Gasteiger partial charge in [-0.05, 0) is 63.1 Å². The van der Waals surface area contributed by atoms with E-state index >= 15 is 8.78 Å². The van der Waals surface area contributed by atoms with E-state index in [9.17, 15) is 10.1 Å². The second kappa shape index (κ2) is 11.1. The quantitative estimate of drug-likeness (QED) is 0.516. The summed E-state index contributed by atoms with van der Waals surface area (Å²) in [6, 6.07) is 8.41. The third-order valence-electron chi connectivity index (χ3n) is 8.83. The Bertz CT molecular complexity index is 1320. The van der Waals surface area contributed by atoms with Gasteiger partial charge in [0.2, 0.25) is 0 Å². The van der Waals surface area contributed by atoms with Crippen LogP contribution in [0.5, 0.6) is 0 Å². The summed E-state index contributed by atoms with van der Waals surface area (Å²) in [6.45, 7) is 5.96. The Labute approximate surface area is 239 Å². The number of ether oxygens (including phenoxy) is 1. The van der Waals surface area contributed by atoms with Gasteiger partial charge in [-0.2, -0.15) is 5.26 Å². The van der Waals surface area contributed by atoms with Crippen molar-refractivity contribution in [3.05, 3.63) is 47.3 Å². The van der Waals surface area contributed by atoms with Crippen molar-refractivity contribution >= 4 is 17.7 Å². The molecule has 4 aliphatic heterocycles. The number of nitrogens with zero attached hydrogens (tertiary/aromatic N) is 6. The fraction of sp³-hybridized carbons (Fsp3) is 0.600. The number of hydrogen-bond donors (Lipinski definition) is 1. The number of aromatic nitrogens is 2. The largest absolute Gasteiger partial charge is 0.381 e. The molecule has 2 aromatic rings. The number of carbonyl (C=O) groups excluding carboxylic acids is 1. The van der Waals surface area contributed by atoms with Crippen molar-refractivity contribution in [1.82, 2.24) is 19.8 Å². The number of anilines is 2. The lowest BCUT2D eigenvalue weighted by Gasteiger charge is -2.41. The average Bonchev–Trinajstić information content (AvgIpc) is 3.74. The lowest BCUT2D eigenvalue weighted by Crippen LogP contribution is -2.53. The Kier molecular flexibility index (Phi) is 7.55. The maximum atomic E-state index is 15.4. The molecule has 9 nitrogen and oxygen atoms in total. The number of nitrogens with one attached hydrogen (secondary N) is 1. The molecule has 1 aromatic carbocycles. The van der Waals surface area contributed by atoms with E-state index in [1.807, 2.05) is 13.0 Å². The molecule has 11 heteroatoms. The second-order valence-corrected chi connectivity index (χ2v) is 11.9. The molecular weight excluding hydrogens is 528 g/mol. The normalized spacial score (nSPS) is 27.8. The molecule has 2 fully saturated rings. The molecule has 0 unspecified atom stereocenters. The lowest BCUT2D eigenvalue weighted by molar-refractivity contribution is -0.0570. The highest BCUT2D eigenvalue weighted by molar-refractivity contribution is 5.95. The molecule has 1 saturated heterocycles. The standard InChI is InChI=1S/C30H37F2N7O2/c1-21-23-6-4-7-24(14-23)30(31,32)15-22-16-37(17-22)10-2-3-12-41-13-5-11-38-27-25(26(36-21)34-20-35-27)18-39(28(38)40)29(19-33)8-9-29/h4,6-7,14,20-22H,2-3,5,8-13,15-18H2,1H3,(H,34,35,36)/t21-/m1/s1. The Morgan fingerprint density at radius 3 is 2.71 bits per heavy atom. The van der Waals surface area contributed by atoms with Crippen LogP contribution in [0.2, 0.25) is 0 Å². The Morgan fingerprint density at radius 2 is 1.93 bits per heavy atom. The number of rotatable bonds is 1. The summed E-state index contributed by atoms with van der Waals surface area (Å²) < 4.78 is 36.6. The molecule has 2 amide bonds. The van der Waals surface area contributed by atoms with Crippen LogP contribution in [-0.4, -0.2) is 70.7 Å². The summed E-state index contributed by atoms with van der Waals surface area (Å²) in [6.07, 6.45) is 5.02. The summed E-state index contributed by atoms with van der Waals surface area (Å²) in [4.78, 5) is 28.1. The molecule has 218 valence electrons. The van der Waals surface area contributed by atoms with Gasteiger partial charge in [0.25, 0.3) is 5.92 Å². The first kappa shape index (κ1) is 27.8. The minimum absolute atomic E-state index is 0.0115. The van der Waals surface area contributed by atoms with Crippen LogP contribution < -0.4 is 10.2 Å². The predicted molar refractivity (Wildman–Crippen MR) is 149 cm³/mol. The number of fused-ring (bicyclic) bond motifs is 9. The molecular formula is C30H37F2N7O2. The smallest absolute Gasteiger partial charge is 0.327 e. The summed E-state index contributed by atoms with van der Waals surface area (Å²) in [5.74, 6) is -1.88. The molecule has 1 aromatic heterocycles. The molecule has 1 aliphatic carbocycles. The number of nitriles is 1. The zero-order valence-corrected chi connectivity index (χ0v) is 23.5. The van der Waals surface area contributed by atoms with Crippen LogP contribution in [0.3, 0.4) is 0 Å². The molecule has 0 spiro atoms. The van der Waals surface area contributed by atoms with Gasteiger partial charge >= 0.3 is 6.03 Å². The van der Waals surface area contributed by atoms with Crippen LogP contribution >= 0.6 is 0 Å². The number of amides is 2. The molecule has 1 N–H and O–H groups in total. The summed E-state index contributed by atoms with van der Waals surface area (Å²) in [5.41, 5.74) is 0.655. The number of alkyl halides is 2. The Morgan fingerprint density at radius 1 is 1.12 bits per heavy atom. The second-order valence-electron chi connectivity index (χ2n) is 11.9. The predicted octanol–water partition coefficient (Wildman–Crippen LogP) is 5.06. The number of hydrogen-bond acceptors (Lipinski definition) is 7. The highest BCUT2D eigenvalue weighted by atomic mass is 19.3. The minimum atomic E-state index is -2.91. The molecule has 41 heavy (non-hydrogen) atoms. The first-order chi connectivity index (χ1) is 19.8. The highest BCUT2D eigenvalue weighted by Crippen LogP contribution is 2.46. The van der Waals surface area contributed by atoms with Crippen LogP contribution in [0.25, 0.3) is 0 Å². The Hall–Kier alpha value is -3.36. The fourth-order valence-corrected chi connectivity index (χ4v) is 6.22. The van der Waals surface area contributed by atoms with Crippen molar-refractivity contribution in [3.63, 3.8) is 0 Å². The first-order valence-electron chi connectivity index (χ1n) is 14.7. The van der Waals surface area contributed by atoms with E-state index in [-0.39, 0.29) is 36.5 Å². The Balaban J connectivity index is 1.30. The van der Waals surface area contributed by atoms with Crippen LogP contribution in [0.15, 0.2) is 30.6 Å². The molecule has 5 aliphatic rings. The van der Waals surface area contributed by atoms with Crippen LogP contribution in [0, 0.1) is 17.2 Å². The zero-order valence-electron chi connectivity index (χ0n) is 23.5. The third kappa shape index (κ3) is 5.60. The van der Waals surface area contributed by atoms with E-state index in [2.05, 4.69) is 26.3 Å². The lowest BCUT2D eigenvalue weighted by atomic mass is 9.89. The molecule has 0 radical (unpaired) electrons. The van der Waals surface area contributed by atoms with Gasteiger partial charge in [-0.3, -0.25) is 4.90 Å². The minimum Gasteiger partial charge on any atom is -0.381 e. The van der Waals surface area contributed by atoms with E-state index in [0.29, 0.717) is 63.7 Å². The van der Waals surface area contributed by atoms with E-state index < -0.39 is 11.5 Å². The first-order valence-corrected chi connectivity index (χ1v) is 14.7. The number of benzene rings is 1. The van der Waals surface area contributed by atoms with Crippen LogP contribution in [0.1, 0.15) is 68.2 Å². The summed E-state index contributed by atoms with van der Waals surface area (Å²) in [5, 5.41) is 13.3. The fourth-order valence-electron chi connectivity index (χ4n) is 6.22. The van der Waals surface area contributed by atoms with Crippen molar-refractivity contribution in [2.75, 3.05) is 49.6 Å². The van der Waals surface area contributed by atoms with Crippen LogP contribution in [0.4, 0.5) is 25.2 Å². The number of halogens is 2. The molecule has 8 bridgehead atoms. The molecule has 1 saturated carbocycles.